The second-order valence-electron chi connectivity index (χ2n) is 12.3. The summed E-state index contributed by atoms with van der Waals surface area (Å²) >= 11 is 12.8. The number of benzene rings is 3. The van der Waals surface area contributed by atoms with Crippen molar-refractivity contribution in [3.05, 3.63) is 99.8 Å². The molecule has 2 saturated carbocycles. The summed E-state index contributed by atoms with van der Waals surface area (Å²) in [6.45, 7) is -0.135. The van der Waals surface area contributed by atoms with Gasteiger partial charge in [0.1, 0.15) is 23.9 Å². The first kappa shape index (κ1) is 33.5. The van der Waals surface area contributed by atoms with E-state index in [0.717, 1.165) is 23.5 Å². The summed E-state index contributed by atoms with van der Waals surface area (Å²) in [6, 6.07) is 18.8. The van der Waals surface area contributed by atoms with Crippen molar-refractivity contribution in [3.63, 3.8) is 0 Å². The van der Waals surface area contributed by atoms with Crippen LogP contribution >= 0.6 is 23.2 Å². The van der Waals surface area contributed by atoms with E-state index in [9.17, 15) is 13.2 Å². The van der Waals surface area contributed by atoms with Gasteiger partial charge in [-0.2, -0.15) is 0 Å². The van der Waals surface area contributed by atoms with Gasteiger partial charge in [-0.3, -0.25) is 9.10 Å². The van der Waals surface area contributed by atoms with Crippen LogP contribution in [0.25, 0.3) is 0 Å². The lowest BCUT2D eigenvalue weighted by Crippen LogP contribution is -2.59. The Bertz CT molecular complexity index is 1750. The number of nitrogens with zero attached hydrogens (tertiary/aromatic N) is 4. The highest BCUT2D eigenvalue weighted by Crippen LogP contribution is 2.49. The molecule has 0 unspecified atom stereocenters. The van der Waals surface area contributed by atoms with Crippen LogP contribution in [-0.4, -0.2) is 61.2 Å². The van der Waals surface area contributed by atoms with Crippen LogP contribution in [0, 0.1) is 11.7 Å². The number of anilines is 1. The fourth-order valence-corrected chi connectivity index (χ4v) is 8.49. The van der Waals surface area contributed by atoms with Crippen molar-refractivity contribution in [2.24, 2.45) is 22.6 Å². The quantitative estimate of drug-likeness (QED) is 0.112. The summed E-state index contributed by atoms with van der Waals surface area (Å²) in [4.78, 5) is 16.5. The second kappa shape index (κ2) is 13.6. The minimum absolute atomic E-state index is 0.0425. The molecule has 0 radical (unpaired) electrons. The molecule has 47 heavy (non-hydrogen) atoms. The van der Waals surface area contributed by atoms with Crippen molar-refractivity contribution in [1.82, 2.24) is 10.0 Å². The van der Waals surface area contributed by atoms with E-state index in [1.165, 1.54) is 29.6 Å². The van der Waals surface area contributed by atoms with Gasteiger partial charge in [0.15, 0.2) is 0 Å². The fourth-order valence-electron chi connectivity index (χ4n) is 6.29. The Balaban J connectivity index is 1.51. The zero-order valence-electron chi connectivity index (χ0n) is 25.8. The maximum absolute atomic E-state index is 15.4. The summed E-state index contributed by atoms with van der Waals surface area (Å²) in [5.74, 6) is 4.69. The van der Waals surface area contributed by atoms with Crippen LogP contribution in [0.1, 0.15) is 55.4 Å². The third-order valence-corrected chi connectivity index (χ3v) is 11.5. The number of halogens is 3. The third kappa shape index (κ3) is 7.36. The molecule has 1 saturated heterocycles. The average Bonchev–Trinajstić information content (AvgIpc) is 3.93. The Morgan fingerprint density at radius 2 is 1.72 bits per heavy atom. The predicted molar refractivity (Wildman–Crippen MR) is 180 cm³/mol. The van der Waals surface area contributed by atoms with Gasteiger partial charge in [-0.1, -0.05) is 59.6 Å². The van der Waals surface area contributed by atoms with E-state index in [1.807, 2.05) is 18.2 Å². The largest absolute Gasteiger partial charge is 0.386 e. The summed E-state index contributed by atoms with van der Waals surface area (Å²) < 4.78 is 51.1. The van der Waals surface area contributed by atoms with Crippen LogP contribution in [0.5, 0.6) is 0 Å². The van der Waals surface area contributed by atoms with E-state index in [2.05, 4.69) is 5.10 Å². The normalized spacial score (nSPS) is 22.7. The van der Waals surface area contributed by atoms with Gasteiger partial charge < -0.3 is 15.4 Å². The van der Waals surface area contributed by atoms with Crippen LogP contribution in [0.4, 0.5) is 10.1 Å². The highest BCUT2D eigenvalue weighted by atomic mass is 35.5. The minimum Gasteiger partial charge on any atom is -0.386 e. The molecule has 250 valence electrons. The number of amidine groups is 1. The Morgan fingerprint density at radius 1 is 1.02 bits per heavy atom. The van der Waals surface area contributed by atoms with Gasteiger partial charge in [0.2, 0.25) is 10.0 Å². The highest BCUT2D eigenvalue weighted by molar-refractivity contribution is 7.93. The number of carbonyl (C=O) groups excluding carboxylic acids is 1. The summed E-state index contributed by atoms with van der Waals surface area (Å²) in [7, 11) is -2.43. The van der Waals surface area contributed by atoms with Crippen LogP contribution in [-0.2, 0) is 19.6 Å². The maximum Gasteiger partial charge on any atom is 0.253 e. The Hall–Kier alpha value is -3.42. The molecule has 0 spiro atoms. The van der Waals surface area contributed by atoms with Crippen LogP contribution in [0.3, 0.4) is 0 Å². The van der Waals surface area contributed by atoms with Crippen LogP contribution in [0.2, 0.25) is 10.0 Å². The molecule has 3 fully saturated rings. The number of carbonyl (C=O) groups is 1. The first-order valence-electron chi connectivity index (χ1n) is 15.5. The smallest absolute Gasteiger partial charge is 0.253 e. The zero-order valence-corrected chi connectivity index (χ0v) is 28.1. The monoisotopic (exact) mass is 702 g/mol. The molecule has 14 heteroatoms. The van der Waals surface area contributed by atoms with Gasteiger partial charge in [0.05, 0.1) is 29.6 Å². The number of ether oxygens (including phenoxy) is 1. The molecule has 0 bridgehead atoms. The molecule has 6 rings (SSSR count). The number of hydrogen-bond donors (Lipinski definition) is 2. The lowest BCUT2D eigenvalue weighted by Gasteiger charge is -2.49. The van der Waals surface area contributed by atoms with Crippen molar-refractivity contribution in [3.8, 4) is 0 Å². The minimum atomic E-state index is -3.93. The molecule has 3 aliphatic rings. The number of para-hydroxylation sites is 1. The molecule has 1 aliphatic heterocycles. The summed E-state index contributed by atoms with van der Waals surface area (Å²) in [5.41, 5.74) is 7.60. The van der Waals surface area contributed by atoms with Crippen LogP contribution < -0.4 is 15.9 Å². The first-order valence-corrected chi connectivity index (χ1v) is 17.8. The Kier molecular flexibility index (Phi) is 9.69. The number of nitrogens with two attached hydrogens (primary N) is 2. The fraction of sp³-hybridized carbons (Fsp3) is 0.394. The van der Waals surface area contributed by atoms with E-state index < -0.39 is 51.3 Å². The number of sulfonamides is 1. The van der Waals surface area contributed by atoms with Gasteiger partial charge in [0.25, 0.3) is 5.91 Å². The molecule has 10 nitrogen and oxygen atoms in total. The zero-order chi connectivity index (χ0) is 33.5. The predicted octanol–water partition coefficient (Wildman–Crippen LogP) is 5.39. The van der Waals surface area contributed by atoms with Crippen molar-refractivity contribution in [2.45, 2.75) is 61.6 Å². The van der Waals surface area contributed by atoms with Gasteiger partial charge in [0, 0.05) is 23.5 Å². The standard InChI is InChI=1S/C33H37Cl2FN6O4S/c1-40(38)39-30(37)18-29-33(43)42(31(21-11-13-23(34)14-12-21)32(46-29)22-5-4-6-24(35)17-22)28(20-9-10-20)19-41(47(44,45)25-15-16-25)27-8-3-2-7-26(27)36/h2-8,11-14,17,20,25,28-29,31-32H,9-10,15-16,18-19,38H2,1H3,(H2,37,39)/t28-,29-,31-,32-/m1/s1. The molecule has 4 atom stereocenters. The Labute approximate surface area is 284 Å². The number of hydrazone groups is 1. The van der Waals surface area contributed by atoms with Crippen molar-refractivity contribution >= 4 is 50.7 Å². The number of morpholine rings is 1. The van der Waals surface area contributed by atoms with E-state index >= 15 is 4.39 Å². The molecule has 1 heterocycles. The third-order valence-electron chi connectivity index (χ3n) is 8.75. The summed E-state index contributed by atoms with van der Waals surface area (Å²) in [6.07, 6.45) is 0.627. The molecule has 1 amide bonds. The molecular weight excluding hydrogens is 666 g/mol. The topological polar surface area (TPSA) is 135 Å². The average molecular weight is 704 g/mol. The number of amides is 1. The Morgan fingerprint density at radius 3 is 2.34 bits per heavy atom. The van der Waals surface area contributed by atoms with Gasteiger partial charge >= 0.3 is 0 Å². The summed E-state index contributed by atoms with van der Waals surface area (Å²) in [5, 5.41) is 5.50. The van der Waals surface area contributed by atoms with E-state index in [-0.39, 0.29) is 30.4 Å². The first-order chi connectivity index (χ1) is 22.4. The van der Waals surface area contributed by atoms with Crippen molar-refractivity contribution < 1.29 is 22.3 Å². The van der Waals surface area contributed by atoms with Gasteiger partial charge in [-0.25, -0.2) is 23.8 Å². The second-order valence-corrected chi connectivity index (χ2v) is 15.4. The number of rotatable bonds is 12. The lowest BCUT2D eigenvalue weighted by molar-refractivity contribution is -0.178. The molecule has 3 aromatic rings. The lowest BCUT2D eigenvalue weighted by atomic mass is 9.89. The molecular formula is C33H37Cl2FN6O4S. The number of hydrogen-bond acceptors (Lipinski definition) is 7. The van der Waals surface area contributed by atoms with Crippen LogP contribution in [0.15, 0.2) is 77.9 Å². The van der Waals surface area contributed by atoms with Gasteiger partial charge in [-0.15, -0.1) is 5.10 Å². The van der Waals surface area contributed by atoms with Crippen molar-refractivity contribution in [2.75, 3.05) is 17.9 Å². The van der Waals surface area contributed by atoms with Crippen molar-refractivity contribution in [1.29, 1.82) is 0 Å². The van der Waals surface area contributed by atoms with E-state index in [0.29, 0.717) is 28.5 Å². The molecule has 3 aromatic carbocycles. The SMILES string of the molecule is CN(N)/N=C(\N)C[C@H]1O[C@H](c2cccc(Cl)c2)[C@@H](c2ccc(Cl)cc2)N([C@H](CN(c2ccccc2F)S(=O)(=O)C2CC2)C2CC2)C1=O. The van der Waals surface area contributed by atoms with E-state index in [1.54, 1.807) is 41.3 Å². The van der Waals surface area contributed by atoms with Gasteiger partial charge in [-0.05, 0) is 79.1 Å². The van der Waals surface area contributed by atoms with E-state index in [4.69, 9.17) is 39.5 Å². The molecule has 0 aromatic heterocycles. The molecule has 4 N–H and O–H groups in total. The molecule has 2 aliphatic carbocycles. The maximum atomic E-state index is 15.4. The highest BCUT2D eigenvalue weighted by Gasteiger charge is 2.52. The number of hydrazine groups is 1.